The number of hydrogen-bond donors (Lipinski definition) is 0. The number of carbonyl (C=O) groups excluding carboxylic acids is 2. The van der Waals surface area contributed by atoms with Crippen molar-refractivity contribution in [3.8, 4) is 5.75 Å². The number of para-hydroxylation sites is 1. The minimum atomic E-state index is -0.552. The van der Waals surface area contributed by atoms with Crippen LogP contribution in [0.15, 0.2) is 89.6 Å². The lowest BCUT2D eigenvalue weighted by Crippen LogP contribution is -2.09. The average molecular weight is 383 g/mol. The van der Waals surface area contributed by atoms with E-state index in [1.165, 1.54) is 0 Å². The first kappa shape index (κ1) is 18.4. The topological polar surface area (TPSA) is 65.0 Å². The monoisotopic (exact) mass is 383 g/mol. The third-order valence-electron chi connectivity index (χ3n) is 4.31. The van der Waals surface area contributed by atoms with Crippen LogP contribution >= 0.6 is 0 Å². The van der Waals surface area contributed by atoms with Crippen molar-refractivity contribution in [2.75, 3.05) is 0 Å². The van der Waals surface area contributed by atoms with E-state index in [4.69, 9.17) is 9.47 Å². The number of carbonyl (C=O) groups is 2. The first-order chi connectivity index (χ1) is 14.1. The third-order valence-corrected chi connectivity index (χ3v) is 4.31. The molecule has 5 nitrogen and oxygen atoms in total. The molecule has 142 valence electrons. The molecular formula is C24H17NO4. The van der Waals surface area contributed by atoms with Gasteiger partial charge in [-0.05, 0) is 43.3 Å². The van der Waals surface area contributed by atoms with Gasteiger partial charge in [0.1, 0.15) is 5.75 Å². The van der Waals surface area contributed by atoms with Crippen molar-refractivity contribution in [1.82, 2.24) is 0 Å². The van der Waals surface area contributed by atoms with Crippen LogP contribution in [-0.2, 0) is 9.53 Å². The zero-order valence-electron chi connectivity index (χ0n) is 15.7. The first-order valence-corrected chi connectivity index (χ1v) is 9.06. The van der Waals surface area contributed by atoms with Gasteiger partial charge in [-0.25, -0.2) is 14.6 Å². The Bertz CT molecular complexity index is 1150. The van der Waals surface area contributed by atoms with Gasteiger partial charge >= 0.3 is 11.9 Å². The average Bonchev–Trinajstić information content (AvgIpc) is 3.10. The summed E-state index contributed by atoms with van der Waals surface area (Å²) in [6.07, 6.45) is 1.55. The standard InChI is InChI=1S/C24H17NO4/c1-16-8-7-12-19(14-16)23(26)28-21-13-6-5-11-18(21)15-20-24(27)29-22(25-20)17-9-3-2-4-10-17/h2-15H,1H3/b20-15+. The van der Waals surface area contributed by atoms with Gasteiger partial charge in [-0.1, -0.05) is 54.1 Å². The second kappa shape index (κ2) is 7.94. The summed E-state index contributed by atoms with van der Waals surface area (Å²) in [6, 6.07) is 23.3. The Morgan fingerprint density at radius 2 is 1.72 bits per heavy atom. The Morgan fingerprint density at radius 3 is 2.52 bits per heavy atom. The zero-order valence-corrected chi connectivity index (χ0v) is 15.7. The Morgan fingerprint density at radius 1 is 0.966 bits per heavy atom. The van der Waals surface area contributed by atoms with Crippen molar-refractivity contribution in [2.24, 2.45) is 4.99 Å². The molecule has 3 aromatic carbocycles. The molecule has 0 radical (unpaired) electrons. The van der Waals surface area contributed by atoms with E-state index in [0.717, 1.165) is 5.56 Å². The Labute approximate surface area is 167 Å². The van der Waals surface area contributed by atoms with Crippen LogP contribution in [0.3, 0.4) is 0 Å². The number of benzene rings is 3. The van der Waals surface area contributed by atoms with Gasteiger partial charge in [0.2, 0.25) is 5.90 Å². The molecule has 5 heteroatoms. The second-order valence-corrected chi connectivity index (χ2v) is 6.50. The van der Waals surface area contributed by atoms with E-state index in [1.54, 1.807) is 48.5 Å². The lowest BCUT2D eigenvalue weighted by Gasteiger charge is -2.08. The molecule has 0 amide bonds. The van der Waals surface area contributed by atoms with Crippen LogP contribution in [0.2, 0.25) is 0 Å². The summed E-state index contributed by atoms with van der Waals surface area (Å²) in [4.78, 5) is 29.0. The van der Waals surface area contributed by atoms with E-state index < -0.39 is 11.9 Å². The molecule has 0 aromatic heterocycles. The fourth-order valence-electron chi connectivity index (χ4n) is 2.88. The van der Waals surface area contributed by atoms with Gasteiger partial charge in [-0.3, -0.25) is 0 Å². The number of cyclic esters (lactones) is 1. The number of rotatable bonds is 4. The maximum atomic E-state index is 12.5. The molecule has 1 aliphatic rings. The van der Waals surface area contributed by atoms with E-state index >= 15 is 0 Å². The molecule has 4 rings (SSSR count). The highest BCUT2D eigenvalue weighted by Crippen LogP contribution is 2.25. The van der Waals surface area contributed by atoms with Crippen molar-refractivity contribution in [3.05, 3.63) is 107 Å². The SMILES string of the molecule is Cc1cccc(C(=O)Oc2ccccc2/C=C2/N=C(c3ccccc3)OC2=O)c1. The summed E-state index contributed by atoms with van der Waals surface area (Å²) in [7, 11) is 0. The van der Waals surface area contributed by atoms with Crippen LogP contribution in [0.25, 0.3) is 6.08 Å². The quantitative estimate of drug-likeness (QED) is 0.376. The lowest BCUT2D eigenvalue weighted by molar-refractivity contribution is -0.129. The number of aryl methyl sites for hydroxylation is 1. The van der Waals surface area contributed by atoms with Gasteiger partial charge in [0.25, 0.3) is 0 Å². The minimum Gasteiger partial charge on any atom is -0.422 e. The van der Waals surface area contributed by atoms with Gasteiger partial charge in [-0.15, -0.1) is 0 Å². The molecule has 0 unspecified atom stereocenters. The zero-order chi connectivity index (χ0) is 20.2. The number of nitrogens with zero attached hydrogens (tertiary/aromatic N) is 1. The highest BCUT2D eigenvalue weighted by Gasteiger charge is 2.24. The second-order valence-electron chi connectivity index (χ2n) is 6.50. The van der Waals surface area contributed by atoms with Crippen LogP contribution in [0.1, 0.15) is 27.0 Å². The summed E-state index contributed by atoms with van der Waals surface area (Å²) in [5.41, 5.74) is 2.83. The predicted octanol–water partition coefficient (Wildman–Crippen LogP) is 4.56. The van der Waals surface area contributed by atoms with Crippen molar-refractivity contribution in [2.45, 2.75) is 6.92 Å². The van der Waals surface area contributed by atoms with E-state index in [1.807, 2.05) is 43.3 Å². The number of esters is 2. The molecule has 0 spiro atoms. The van der Waals surface area contributed by atoms with E-state index in [9.17, 15) is 9.59 Å². The lowest BCUT2D eigenvalue weighted by atomic mass is 10.1. The van der Waals surface area contributed by atoms with Crippen LogP contribution in [0, 0.1) is 6.92 Å². The summed E-state index contributed by atoms with van der Waals surface area (Å²) >= 11 is 0. The Kier molecular flexibility index (Phi) is 5.03. The van der Waals surface area contributed by atoms with Crippen molar-refractivity contribution >= 4 is 23.9 Å². The summed E-state index contributed by atoms with van der Waals surface area (Å²) in [5, 5.41) is 0. The van der Waals surface area contributed by atoms with Crippen LogP contribution in [0.4, 0.5) is 0 Å². The first-order valence-electron chi connectivity index (χ1n) is 9.06. The van der Waals surface area contributed by atoms with Crippen molar-refractivity contribution in [1.29, 1.82) is 0 Å². The molecule has 0 N–H and O–H groups in total. The maximum Gasteiger partial charge on any atom is 0.363 e. The maximum absolute atomic E-state index is 12.5. The van der Waals surface area contributed by atoms with E-state index in [0.29, 0.717) is 22.4 Å². The van der Waals surface area contributed by atoms with Gasteiger partial charge in [-0.2, -0.15) is 0 Å². The van der Waals surface area contributed by atoms with Crippen molar-refractivity contribution < 1.29 is 19.1 Å². The Balaban J connectivity index is 1.62. The molecule has 1 heterocycles. The summed E-state index contributed by atoms with van der Waals surface area (Å²) in [6.45, 7) is 1.91. The van der Waals surface area contributed by atoms with E-state index in [2.05, 4.69) is 4.99 Å². The fourth-order valence-corrected chi connectivity index (χ4v) is 2.88. The largest absolute Gasteiger partial charge is 0.422 e. The number of hydrogen-bond acceptors (Lipinski definition) is 5. The summed E-state index contributed by atoms with van der Waals surface area (Å²) in [5.74, 6) is -0.440. The molecule has 0 aliphatic carbocycles. The van der Waals surface area contributed by atoms with Gasteiger partial charge < -0.3 is 9.47 Å². The molecule has 0 fully saturated rings. The smallest absolute Gasteiger partial charge is 0.363 e. The molecule has 1 aliphatic heterocycles. The number of aliphatic imine (C=N–C) groups is 1. The Hall–Kier alpha value is -3.99. The molecule has 0 saturated heterocycles. The van der Waals surface area contributed by atoms with Gasteiger partial charge in [0.05, 0.1) is 5.56 Å². The van der Waals surface area contributed by atoms with Crippen LogP contribution in [0.5, 0.6) is 5.75 Å². The van der Waals surface area contributed by atoms with Gasteiger partial charge in [0.15, 0.2) is 5.70 Å². The molecule has 29 heavy (non-hydrogen) atoms. The minimum absolute atomic E-state index is 0.142. The predicted molar refractivity (Wildman–Crippen MR) is 110 cm³/mol. The van der Waals surface area contributed by atoms with Crippen molar-refractivity contribution in [3.63, 3.8) is 0 Å². The van der Waals surface area contributed by atoms with E-state index in [-0.39, 0.29) is 11.6 Å². The number of ether oxygens (including phenoxy) is 2. The molecule has 0 bridgehead atoms. The van der Waals surface area contributed by atoms with Gasteiger partial charge in [0, 0.05) is 11.1 Å². The normalized spacial score (nSPS) is 14.4. The molecule has 0 atom stereocenters. The highest BCUT2D eigenvalue weighted by molar-refractivity contribution is 6.13. The molecule has 0 saturated carbocycles. The van der Waals surface area contributed by atoms with Crippen LogP contribution in [-0.4, -0.2) is 17.8 Å². The molecular weight excluding hydrogens is 366 g/mol. The molecule has 3 aromatic rings. The van der Waals surface area contributed by atoms with Crippen LogP contribution < -0.4 is 4.74 Å². The third kappa shape index (κ3) is 4.14. The summed E-state index contributed by atoms with van der Waals surface area (Å²) < 4.78 is 10.8. The fraction of sp³-hybridized carbons (Fsp3) is 0.0417. The highest BCUT2D eigenvalue weighted by atomic mass is 16.6.